The Labute approximate surface area is 102 Å². The van der Waals surface area contributed by atoms with E-state index in [1.165, 1.54) is 19.3 Å². The van der Waals surface area contributed by atoms with Crippen LogP contribution in [0.25, 0.3) is 0 Å². The minimum absolute atomic E-state index is 0.195. The Hall–Kier alpha value is -1.35. The molecule has 1 saturated heterocycles. The lowest BCUT2D eigenvalue weighted by molar-refractivity contribution is 0.0703. The number of amides is 1. The molecule has 17 heavy (non-hydrogen) atoms. The molecule has 2 N–H and O–H groups in total. The highest BCUT2D eigenvalue weighted by molar-refractivity contribution is 5.94. The Kier molecular flexibility index (Phi) is 2.63. The van der Waals surface area contributed by atoms with Crippen molar-refractivity contribution in [2.75, 3.05) is 6.54 Å². The largest absolute Gasteiger partial charge is 0.335 e. The van der Waals surface area contributed by atoms with Gasteiger partial charge in [-0.05, 0) is 42.9 Å². The van der Waals surface area contributed by atoms with E-state index in [1.54, 1.807) is 0 Å². The molecule has 90 valence electrons. The number of piperidine rings is 1. The minimum atomic E-state index is 0.195. The molecule has 3 rings (SSSR count). The van der Waals surface area contributed by atoms with Crippen molar-refractivity contribution >= 4 is 5.91 Å². The molecule has 1 aliphatic heterocycles. The quantitative estimate of drug-likeness (QED) is 0.841. The van der Waals surface area contributed by atoms with Gasteiger partial charge in [-0.1, -0.05) is 12.1 Å². The molecule has 2 fully saturated rings. The molecule has 2 unspecified atom stereocenters. The number of fused-ring (bicyclic) bond motifs is 2. The number of carbonyl (C=O) groups excluding carboxylic acids is 1. The monoisotopic (exact) mass is 230 g/mol. The molecule has 1 aromatic rings. The second-order valence-electron chi connectivity index (χ2n) is 5.19. The van der Waals surface area contributed by atoms with Gasteiger partial charge in [-0.3, -0.25) is 4.79 Å². The van der Waals surface area contributed by atoms with E-state index in [0.29, 0.717) is 12.6 Å². The first-order valence-electron chi connectivity index (χ1n) is 6.38. The van der Waals surface area contributed by atoms with Gasteiger partial charge in [0, 0.05) is 24.7 Å². The first-order chi connectivity index (χ1) is 8.28. The maximum Gasteiger partial charge on any atom is 0.254 e. The maximum atomic E-state index is 12.3. The number of nitrogens with two attached hydrogens (primary N) is 1. The lowest BCUT2D eigenvalue weighted by Gasteiger charge is -2.27. The normalized spacial score (nSPS) is 26.5. The second-order valence-corrected chi connectivity index (χ2v) is 5.19. The molecular formula is C14H18N2O. The molecule has 2 aliphatic rings. The minimum Gasteiger partial charge on any atom is -0.335 e. The van der Waals surface area contributed by atoms with E-state index in [2.05, 4.69) is 4.90 Å². The number of hydrogen-bond donors (Lipinski definition) is 1. The van der Waals surface area contributed by atoms with Crippen LogP contribution in [0, 0.1) is 5.92 Å². The SMILES string of the molecule is NCc1ccc(C(=O)N2CC3CCC2C3)cc1. The third-order valence-corrected chi connectivity index (χ3v) is 4.11. The summed E-state index contributed by atoms with van der Waals surface area (Å²) in [4.78, 5) is 14.4. The van der Waals surface area contributed by atoms with Gasteiger partial charge in [-0.25, -0.2) is 0 Å². The lowest BCUT2D eigenvalue weighted by Crippen LogP contribution is -2.37. The number of rotatable bonds is 2. The number of nitrogens with zero attached hydrogens (tertiary/aromatic N) is 1. The fourth-order valence-electron chi connectivity index (χ4n) is 3.12. The van der Waals surface area contributed by atoms with Gasteiger partial charge in [0.2, 0.25) is 0 Å². The third kappa shape index (κ3) is 1.84. The molecular weight excluding hydrogens is 212 g/mol. The smallest absolute Gasteiger partial charge is 0.254 e. The Bertz CT molecular complexity index is 426. The summed E-state index contributed by atoms with van der Waals surface area (Å²) in [5, 5.41) is 0. The molecule has 0 aromatic heterocycles. The summed E-state index contributed by atoms with van der Waals surface area (Å²) in [6, 6.07) is 8.19. The highest BCUT2D eigenvalue weighted by Gasteiger charge is 2.40. The van der Waals surface area contributed by atoms with Crippen LogP contribution in [0.4, 0.5) is 0 Å². The van der Waals surface area contributed by atoms with Crippen LogP contribution in [-0.4, -0.2) is 23.4 Å². The Morgan fingerprint density at radius 2 is 2.06 bits per heavy atom. The van der Waals surface area contributed by atoms with Crippen molar-refractivity contribution in [3.05, 3.63) is 35.4 Å². The predicted octanol–water partition coefficient (Wildman–Crippen LogP) is 1.77. The summed E-state index contributed by atoms with van der Waals surface area (Å²) >= 11 is 0. The lowest BCUT2D eigenvalue weighted by atomic mass is 10.1. The Morgan fingerprint density at radius 3 is 2.59 bits per heavy atom. The summed E-state index contributed by atoms with van der Waals surface area (Å²) in [5.74, 6) is 0.952. The fraction of sp³-hybridized carbons (Fsp3) is 0.500. The van der Waals surface area contributed by atoms with Crippen molar-refractivity contribution in [2.24, 2.45) is 11.7 Å². The van der Waals surface area contributed by atoms with Crippen LogP contribution in [-0.2, 0) is 6.54 Å². The van der Waals surface area contributed by atoms with Gasteiger partial charge in [0.1, 0.15) is 0 Å². The maximum absolute atomic E-state index is 12.3. The Morgan fingerprint density at radius 1 is 1.29 bits per heavy atom. The zero-order valence-electron chi connectivity index (χ0n) is 9.93. The van der Waals surface area contributed by atoms with Crippen molar-refractivity contribution in [1.29, 1.82) is 0 Å². The van der Waals surface area contributed by atoms with Crippen molar-refractivity contribution in [3.63, 3.8) is 0 Å². The molecule has 0 spiro atoms. The average Bonchev–Trinajstić information content (AvgIpc) is 3.00. The summed E-state index contributed by atoms with van der Waals surface area (Å²) in [5.41, 5.74) is 7.43. The van der Waals surface area contributed by atoms with E-state index in [0.717, 1.165) is 23.6 Å². The van der Waals surface area contributed by atoms with E-state index in [-0.39, 0.29) is 5.91 Å². The van der Waals surface area contributed by atoms with Crippen LogP contribution >= 0.6 is 0 Å². The molecule has 3 nitrogen and oxygen atoms in total. The van der Waals surface area contributed by atoms with Crippen LogP contribution in [0.3, 0.4) is 0 Å². The molecule has 1 amide bonds. The van der Waals surface area contributed by atoms with Gasteiger partial charge in [-0.2, -0.15) is 0 Å². The summed E-state index contributed by atoms with van der Waals surface area (Å²) in [7, 11) is 0. The molecule has 1 aromatic carbocycles. The summed E-state index contributed by atoms with van der Waals surface area (Å²) in [6.45, 7) is 1.49. The molecule has 2 atom stereocenters. The van der Waals surface area contributed by atoms with Gasteiger partial charge in [0.25, 0.3) is 5.91 Å². The first-order valence-corrected chi connectivity index (χ1v) is 6.38. The third-order valence-electron chi connectivity index (χ3n) is 4.11. The fourth-order valence-corrected chi connectivity index (χ4v) is 3.12. The van der Waals surface area contributed by atoms with E-state index in [4.69, 9.17) is 5.73 Å². The van der Waals surface area contributed by atoms with E-state index < -0.39 is 0 Å². The van der Waals surface area contributed by atoms with Gasteiger partial charge >= 0.3 is 0 Å². The zero-order valence-corrected chi connectivity index (χ0v) is 9.93. The van der Waals surface area contributed by atoms with Gasteiger partial charge in [0.15, 0.2) is 0 Å². The topological polar surface area (TPSA) is 46.3 Å². The van der Waals surface area contributed by atoms with Crippen LogP contribution in [0.5, 0.6) is 0 Å². The van der Waals surface area contributed by atoms with Crippen LogP contribution < -0.4 is 5.73 Å². The average molecular weight is 230 g/mol. The molecule has 1 heterocycles. The Balaban J connectivity index is 1.77. The summed E-state index contributed by atoms with van der Waals surface area (Å²) < 4.78 is 0. The van der Waals surface area contributed by atoms with Crippen molar-refractivity contribution < 1.29 is 4.79 Å². The van der Waals surface area contributed by atoms with E-state index >= 15 is 0 Å². The van der Waals surface area contributed by atoms with E-state index in [1.807, 2.05) is 24.3 Å². The van der Waals surface area contributed by atoms with Crippen LogP contribution in [0.15, 0.2) is 24.3 Å². The second kappa shape index (κ2) is 4.15. The van der Waals surface area contributed by atoms with Crippen molar-refractivity contribution in [1.82, 2.24) is 4.90 Å². The molecule has 1 aliphatic carbocycles. The molecule has 2 bridgehead atoms. The van der Waals surface area contributed by atoms with Crippen LogP contribution in [0.1, 0.15) is 35.2 Å². The predicted molar refractivity (Wildman–Crippen MR) is 66.5 cm³/mol. The highest BCUT2D eigenvalue weighted by atomic mass is 16.2. The van der Waals surface area contributed by atoms with Gasteiger partial charge in [0.05, 0.1) is 0 Å². The number of likely N-dealkylation sites (tertiary alicyclic amines) is 1. The standard InChI is InChI=1S/C14H18N2O/c15-8-10-1-4-12(5-2-10)14(17)16-9-11-3-6-13(16)7-11/h1-2,4-5,11,13H,3,6-9,15H2. The summed E-state index contributed by atoms with van der Waals surface area (Å²) in [6.07, 6.45) is 3.71. The van der Waals surface area contributed by atoms with Gasteiger partial charge < -0.3 is 10.6 Å². The molecule has 0 radical (unpaired) electrons. The van der Waals surface area contributed by atoms with Crippen LogP contribution in [0.2, 0.25) is 0 Å². The highest BCUT2D eigenvalue weighted by Crippen LogP contribution is 2.38. The molecule has 3 heteroatoms. The van der Waals surface area contributed by atoms with Gasteiger partial charge in [-0.15, -0.1) is 0 Å². The van der Waals surface area contributed by atoms with Crippen molar-refractivity contribution in [2.45, 2.75) is 31.8 Å². The first kappa shape index (κ1) is 10.8. The number of hydrogen-bond acceptors (Lipinski definition) is 2. The molecule has 1 saturated carbocycles. The van der Waals surface area contributed by atoms with Crippen molar-refractivity contribution in [3.8, 4) is 0 Å². The zero-order chi connectivity index (χ0) is 11.8. The number of benzene rings is 1. The van der Waals surface area contributed by atoms with E-state index in [9.17, 15) is 4.79 Å². The number of carbonyl (C=O) groups is 1.